The molecule has 0 unspecified atom stereocenters. The molecule has 1 aromatic rings. The third-order valence-electron chi connectivity index (χ3n) is 0.944. The molecule has 0 spiro atoms. The monoisotopic (exact) mass is 224 g/mol. The van der Waals surface area contributed by atoms with Crippen LogP contribution in [0.5, 0.6) is 0 Å². The Balaban J connectivity index is 3.34. The normalized spacial score (nSPS) is 9.90. The molecule has 0 amide bonds. The van der Waals surface area contributed by atoms with Gasteiger partial charge in [0.25, 0.3) is 0 Å². The van der Waals surface area contributed by atoms with Crippen molar-refractivity contribution in [1.29, 1.82) is 0 Å². The molecule has 2 N–H and O–H groups in total. The van der Waals surface area contributed by atoms with Gasteiger partial charge in [0.15, 0.2) is 11.6 Å². The van der Waals surface area contributed by atoms with E-state index >= 15 is 0 Å². The first-order chi connectivity index (χ1) is 4.63. The Kier molecular flexibility index (Phi) is 2.11. The van der Waals surface area contributed by atoms with Crippen LogP contribution >= 0.6 is 27.5 Å². The van der Waals surface area contributed by atoms with Crippen LogP contribution in [0, 0.1) is 5.82 Å². The number of nitrogens with zero attached hydrogens (tertiary/aromatic N) is 1. The molecular weight excluding hydrogens is 222 g/mol. The Hall–Kier alpha value is -0.350. The maximum Gasteiger partial charge on any atom is 0.184 e. The molecule has 1 rings (SSSR count). The molecule has 54 valence electrons. The van der Waals surface area contributed by atoms with Gasteiger partial charge in [-0.3, -0.25) is 0 Å². The van der Waals surface area contributed by atoms with Gasteiger partial charge < -0.3 is 5.73 Å². The number of aromatic nitrogens is 1. The maximum absolute atomic E-state index is 12.6. The lowest BCUT2D eigenvalue weighted by Gasteiger charge is -1.98. The van der Waals surface area contributed by atoms with Crippen LogP contribution in [-0.4, -0.2) is 4.98 Å². The Morgan fingerprint density at radius 3 is 2.80 bits per heavy atom. The smallest absolute Gasteiger partial charge is 0.184 e. The fourth-order valence-corrected chi connectivity index (χ4v) is 0.879. The third kappa shape index (κ3) is 1.22. The molecule has 0 aliphatic rings. The number of rotatable bonds is 0. The summed E-state index contributed by atoms with van der Waals surface area (Å²) in [5.41, 5.74) is 5.10. The fourth-order valence-electron chi connectivity index (χ4n) is 0.457. The van der Waals surface area contributed by atoms with Gasteiger partial charge in [0.1, 0.15) is 0 Å². The van der Waals surface area contributed by atoms with Crippen LogP contribution in [0.25, 0.3) is 0 Å². The van der Waals surface area contributed by atoms with Crippen molar-refractivity contribution >= 4 is 33.3 Å². The van der Waals surface area contributed by atoms with Gasteiger partial charge in [0, 0.05) is 6.20 Å². The van der Waals surface area contributed by atoms with Crippen molar-refractivity contribution in [3.8, 4) is 0 Å². The number of nitrogen functional groups attached to an aromatic ring is 1. The second-order valence-corrected chi connectivity index (χ2v) is 2.85. The highest BCUT2D eigenvalue weighted by atomic mass is 79.9. The second kappa shape index (κ2) is 2.72. The van der Waals surface area contributed by atoms with Crippen molar-refractivity contribution in [1.82, 2.24) is 4.98 Å². The zero-order valence-electron chi connectivity index (χ0n) is 4.74. The number of anilines is 1. The van der Waals surface area contributed by atoms with Crippen LogP contribution in [0.1, 0.15) is 0 Å². The van der Waals surface area contributed by atoms with Crippen LogP contribution in [0.2, 0.25) is 5.02 Å². The van der Waals surface area contributed by atoms with E-state index in [4.69, 9.17) is 17.3 Å². The molecule has 0 radical (unpaired) electrons. The van der Waals surface area contributed by atoms with E-state index in [1.54, 1.807) is 0 Å². The summed E-state index contributed by atoms with van der Waals surface area (Å²) in [5.74, 6) is -0.871. The SMILES string of the molecule is Nc1ncc(Br)c(Cl)c1F. The van der Waals surface area contributed by atoms with Crippen LogP contribution in [0.15, 0.2) is 10.7 Å². The predicted octanol–water partition coefficient (Wildman–Crippen LogP) is 2.22. The van der Waals surface area contributed by atoms with Gasteiger partial charge in [-0.1, -0.05) is 11.6 Å². The summed E-state index contributed by atoms with van der Waals surface area (Å²) in [6.45, 7) is 0. The summed E-state index contributed by atoms with van der Waals surface area (Å²) in [7, 11) is 0. The van der Waals surface area contributed by atoms with Crippen LogP contribution in [0.4, 0.5) is 10.2 Å². The standard InChI is InChI=1S/C5H3BrClFN2/c6-2-1-10-5(9)4(8)3(2)7/h1H,(H2,9,10). The van der Waals surface area contributed by atoms with Gasteiger partial charge in [-0.2, -0.15) is 0 Å². The number of hydrogen-bond donors (Lipinski definition) is 1. The maximum atomic E-state index is 12.6. The van der Waals surface area contributed by atoms with Crippen molar-refractivity contribution in [2.45, 2.75) is 0 Å². The molecule has 1 heterocycles. The molecule has 5 heteroatoms. The topological polar surface area (TPSA) is 38.9 Å². The van der Waals surface area contributed by atoms with E-state index in [-0.39, 0.29) is 10.8 Å². The molecule has 1 aromatic heterocycles. The lowest BCUT2D eigenvalue weighted by molar-refractivity contribution is 0.626. The van der Waals surface area contributed by atoms with E-state index in [2.05, 4.69) is 20.9 Å². The minimum atomic E-state index is -0.684. The van der Waals surface area contributed by atoms with E-state index in [9.17, 15) is 4.39 Å². The van der Waals surface area contributed by atoms with Gasteiger partial charge in [0.2, 0.25) is 0 Å². The molecule has 0 fully saturated rings. The number of halogens is 3. The number of nitrogens with two attached hydrogens (primary N) is 1. The summed E-state index contributed by atoms with van der Waals surface area (Å²) in [4.78, 5) is 3.51. The first kappa shape index (κ1) is 7.75. The number of hydrogen-bond acceptors (Lipinski definition) is 2. The van der Waals surface area contributed by atoms with Gasteiger partial charge in [0.05, 0.1) is 9.50 Å². The third-order valence-corrected chi connectivity index (χ3v) is 2.14. The lowest BCUT2D eigenvalue weighted by Crippen LogP contribution is -1.94. The predicted molar refractivity (Wildman–Crippen MR) is 41.3 cm³/mol. The second-order valence-electron chi connectivity index (χ2n) is 1.62. The van der Waals surface area contributed by atoms with Gasteiger partial charge in [-0.15, -0.1) is 0 Å². The van der Waals surface area contributed by atoms with Gasteiger partial charge >= 0.3 is 0 Å². The highest BCUT2D eigenvalue weighted by molar-refractivity contribution is 9.10. The van der Waals surface area contributed by atoms with Crippen molar-refractivity contribution in [2.24, 2.45) is 0 Å². The summed E-state index contributed by atoms with van der Waals surface area (Å²) < 4.78 is 13.0. The first-order valence-corrected chi connectivity index (χ1v) is 3.55. The van der Waals surface area contributed by atoms with Crippen molar-refractivity contribution in [2.75, 3.05) is 5.73 Å². The van der Waals surface area contributed by atoms with Crippen LogP contribution in [0.3, 0.4) is 0 Å². The summed E-state index contributed by atoms with van der Waals surface area (Å²) in [6.07, 6.45) is 1.35. The Morgan fingerprint density at radius 1 is 1.70 bits per heavy atom. The molecule has 0 aliphatic heterocycles. The average Bonchev–Trinajstić information content (AvgIpc) is 1.93. The Labute approximate surface area is 70.3 Å². The molecule has 0 saturated heterocycles. The molecule has 10 heavy (non-hydrogen) atoms. The van der Waals surface area contributed by atoms with Crippen molar-refractivity contribution in [3.63, 3.8) is 0 Å². The summed E-state index contributed by atoms with van der Waals surface area (Å²) in [6, 6.07) is 0. The molecule has 0 atom stereocenters. The van der Waals surface area contributed by atoms with Crippen molar-refractivity contribution in [3.05, 3.63) is 21.5 Å². The quantitative estimate of drug-likeness (QED) is 0.735. The van der Waals surface area contributed by atoms with Gasteiger partial charge in [-0.05, 0) is 15.9 Å². The van der Waals surface area contributed by atoms with E-state index < -0.39 is 5.82 Å². The van der Waals surface area contributed by atoms with E-state index in [1.165, 1.54) is 6.20 Å². The van der Waals surface area contributed by atoms with Crippen molar-refractivity contribution < 1.29 is 4.39 Å². The van der Waals surface area contributed by atoms with Crippen LogP contribution < -0.4 is 5.73 Å². The molecular formula is C5H3BrClFN2. The minimum Gasteiger partial charge on any atom is -0.381 e. The molecule has 2 nitrogen and oxygen atoms in total. The summed E-state index contributed by atoms with van der Waals surface area (Å²) in [5, 5.41) is -0.0347. The largest absolute Gasteiger partial charge is 0.381 e. The lowest BCUT2D eigenvalue weighted by atomic mass is 10.4. The van der Waals surface area contributed by atoms with E-state index in [1.807, 2.05) is 0 Å². The summed E-state index contributed by atoms with van der Waals surface area (Å²) >= 11 is 8.43. The highest BCUT2D eigenvalue weighted by Gasteiger charge is 2.07. The highest BCUT2D eigenvalue weighted by Crippen LogP contribution is 2.26. The Bertz CT molecular complexity index is 239. The zero-order valence-corrected chi connectivity index (χ0v) is 7.08. The Morgan fingerprint density at radius 2 is 2.30 bits per heavy atom. The fraction of sp³-hybridized carbons (Fsp3) is 0. The average molecular weight is 225 g/mol. The molecule has 0 bridgehead atoms. The molecule has 0 aliphatic carbocycles. The molecule has 0 aromatic carbocycles. The number of pyridine rings is 1. The first-order valence-electron chi connectivity index (χ1n) is 2.38. The van der Waals surface area contributed by atoms with Crippen LogP contribution in [-0.2, 0) is 0 Å². The molecule has 0 saturated carbocycles. The van der Waals surface area contributed by atoms with Gasteiger partial charge in [-0.25, -0.2) is 9.37 Å². The van der Waals surface area contributed by atoms with E-state index in [0.29, 0.717) is 4.47 Å². The minimum absolute atomic E-state index is 0.0347. The van der Waals surface area contributed by atoms with E-state index in [0.717, 1.165) is 0 Å². The zero-order chi connectivity index (χ0) is 7.72.